The first-order valence-electron chi connectivity index (χ1n) is 4.61. The van der Waals surface area contributed by atoms with E-state index in [4.69, 9.17) is 0 Å². The molecule has 1 aromatic rings. The van der Waals surface area contributed by atoms with Gasteiger partial charge < -0.3 is 9.47 Å². The minimum Gasteiger partial charge on any atom is -0.353 e. The van der Waals surface area contributed by atoms with Crippen LogP contribution in [-0.2, 0) is 18.4 Å². The Morgan fingerprint density at radius 1 is 1.71 bits per heavy atom. The largest absolute Gasteiger partial charge is 0.353 e. The highest BCUT2D eigenvalue weighted by molar-refractivity contribution is 5.73. The molecule has 0 saturated carbocycles. The predicted molar refractivity (Wildman–Crippen MR) is 56.7 cm³/mol. The summed E-state index contributed by atoms with van der Waals surface area (Å²) in [6, 6.07) is 3.99. The van der Waals surface area contributed by atoms with E-state index in [2.05, 4.69) is 6.58 Å². The van der Waals surface area contributed by atoms with Crippen molar-refractivity contribution in [1.82, 2.24) is 9.47 Å². The van der Waals surface area contributed by atoms with Crippen molar-refractivity contribution >= 4 is 5.91 Å². The Morgan fingerprint density at radius 2 is 2.43 bits per heavy atom. The molecule has 0 fully saturated rings. The van der Waals surface area contributed by atoms with Gasteiger partial charge in [0.1, 0.15) is 0 Å². The summed E-state index contributed by atoms with van der Waals surface area (Å²) in [6.45, 7) is 6.45. The van der Waals surface area contributed by atoms with E-state index in [-0.39, 0.29) is 5.91 Å². The monoisotopic (exact) mass is 192 g/mol. The van der Waals surface area contributed by atoms with Crippen LogP contribution in [0.4, 0.5) is 0 Å². The van der Waals surface area contributed by atoms with Crippen LogP contribution in [0.1, 0.15) is 12.6 Å². The summed E-state index contributed by atoms with van der Waals surface area (Å²) in [6.07, 6.45) is 3.71. The summed E-state index contributed by atoms with van der Waals surface area (Å²) in [5, 5.41) is 0. The molecule has 0 aliphatic carbocycles. The second-order valence-corrected chi connectivity index (χ2v) is 3.30. The van der Waals surface area contributed by atoms with Gasteiger partial charge in [-0.05, 0) is 12.1 Å². The lowest BCUT2D eigenvalue weighted by atomic mass is 10.3. The Kier molecular flexibility index (Phi) is 3.51. The average Bonchev–Trinajstić information content (AvgIpc) is 2.51. The Labute approximate surface area is 84.6 Å². The first-order chi connectivity index (χ1) is 6.65. The Balaban J connectivity index is 2.69. The van der Waals surface area contributed by atoms with E-state index < -0.39 is 0 Å². The molecule has 0 aromatic carbocycles. The molecule has 0 atom stereocenters. The molecule has 1 rings (SSSR count). The van der Waals surface area contributed by atoms with Gasteiger partial charge in [-0.25, -0.2) is 0 Å². The highest BCUT2D eigenvalue weighted by Gasteiger charge is 2.08. The van der Waals surface area contributed by atoms with Gasteiger partial charge in [0.25, 0.3) is 0 Å². The van der Waals surface area contributed by atoms with Gasteiger partial charge in [-0.15, -0.1) is 6.58 Å². The SMILES string of the molecule is C=CCN(Cc1cccn1C)C(C)=O. The summed E-state index contributed by atoms with van der Waals surface area (Å²) in [7, 11) is 1.97. The third-order valence-corrected chi connectivity index (χ3v) is 2.20. The van der Waals surface area contributed by atoms with Crippen LogP contribution in [0.15, 0.2) is 31.0 Å². The highest BCUT2D eigenvalue weighted by Crippen LogP contribution is 2.05. The van der Waals surface area contributed by atoms with E-state index in [0.29, 0.717) is 13.1 Å². The third-order valence-electron chi connectivity index (χ3n) is 2.20. The highest BCUT2D eigenvalue weighted by atomic mass is 16.2. The van der Waals surface area contributed by atoms with Crippen LogP contribution >= 0.6 is 0 Å². The van der Waals surface area contributed by atoms with E-state index in [1.807, 2.05) is 29.9 Å². The van der Waals surface area contributed by atoms with Gasteiger partial charge in [-0.2, -0.15) is 0 Å². The molecule has 0 bridgehead atoms. The number of aromatic nitrogens is 1. The molecule has 0 saturated heterocycles. The van der Waals surface area contributed by atoms with Crippen molar-refractivity contribution in [1.29, 1.82) is 0 Å². The topological polar surface area (TPSA) is 25.2 Å². The zero-order chi connectivity index (χ0) is 10.6. The smallest absolute Gasteiger partial charge is 0.220 e. The molecule has 1 aromatic heterocycles. The lowest BCUT2D eigenvalue weighted by Gasteiger charge is -2.19. The lowest BCUT2D eigenvalue weighted by molar-refractivity contribution is -0.128. The van der Waals surface area contributed by atoms with Gasteiger partial charge in [0, 0.05) is 32.4 Å². The van der Waals surface area contributed by atoms with Crippen LogP contribution in [0.2, 0.25) is 0 Å². The van der Waals surface area contributed by atoms with E-state index in [0.717, 1.165) is 5.69 Å². The number of hydrogen-bond acceptors (Lipinski definition) is 1. The van der Waals surface area contributed by atoms with Crippen molar-refractivity contribution in [2.45, 2.75) is 13.5 Å². The second kappa shape index (κ2) is 4.65. The van der Waals surface area contributed by atoms with Gasteiger partial charge in [0.2, 0.25) is 5.91 Å². The van der Waals surface area contributed by atoms with Gasteiger partial charge in [-0.1, -0.05) is 6.08 Å². The molecule has 14 heavy (non-hydrogen) atoms. The van der Waals surface area contributed by atoms with E-state index in [1.54, 1.807) is 17.9 Å². The minimum absolute atomic E-state index is 0.0751. The zero-order valence-electron chi connectivity index (χ0n) is 8.73. The molecular weight excluding hydrogens is 176 g/mol. The van der Waals surface area contributed by atoms with Crippen molar-refractivity contribution in [3.8, 4) is 0 Å². The van der Waals surface area contributed by atoms with Crippen molar-refractivity contribution < 1.29 is 4.79 Å². The number of aryl methyl sites for hydroxylation is 1. The van der Waals surface area contributed by atoms with Gasteiger partial charge in [-0.3, -0.25) is 4.79 Å². The Morgan fingerprint density at radius 3 is 2.86 bits per heavy atom. The zero-order valence-corrected chi connectivity index (χ0v) is 8.73. The van der Waals surface area contributed by atoms with Crippen molar-refractivity contribution in [3.63, 3.8) is 0 Å². The summed E-state index contributed by atoms with van der Waals surface area (Å²) >= 11 is 0. The molecule has 0 radical (unpaired) electrons. The first kappa shape index (κ1) is 10.6. The number of hydrogen-bond donors (Lipinski definition) is 0. The fourth-order valence-electron chi connectivity index (χ4n) is 1.32. The Hall–Kier alpha value is -1.51. The summed E-state index contributed by atoms with van der Waals surface area (Å²) in [5.74, 6) is 0.0751. The average molecular weight is 192 g/mol. The van der Waals surface area contributed by atoms with E-state index in [9.17, 15) is 4.79 Å². The number of nitrogens with zero attached hydrogens (tertiary/aromatic N) is 2. The molecule has 3 nitrogen and oxygen atoms in total. The van der Waals surface area contributed by atoms with Crippen molar-refractivity contribution in [2.75, 3.05) is 6.54 Å². The summed E-state index contributed by atoms with van der Waals surface area (Å²) < 4.78 is 2.01. The molecule has 0 aliphatic heterocycles. The maximum absolute atomic E-state index is 11.2. The van der Waals surface area contributed by atoms with Crippen LogP contribution < -0.4 is 0 Å². The van der Waals surface area contributed by atoms with Crippen LogP contribution in [0.3, 0.4) is 0 Å². The molecule has 1 amide bonds. The number of rotatable bonds is 4. The fourth-order valence-corrected chi connectivity index (χ4v) is 1.32. The van der Waals surface area contributed by atoms with Crippen molar-refractivity contribution in [2.24, 2.45) is 7.05 Å². The van der Waals surface area contributed by atoms with Gasteiger partial charge in [0.15, 0.2) is 0 Å². The van der Waals surface area contributed by atoms with Crippen LogP contribution in [-0.4, -0.2) is 21.9 Å². The van der Waals surface area contributed by atoms with E-state index >= 15 is 0 Å². The maximum Gasteiger partial charge on any atom is 0.220 e. The molecule has 0 unspecified atom stereocenters. The molecular formula is C11H16N2O. The molecule has 3 heteroatoms. The molecule has 0 spiro atoms. The van der Waals surface area contributed by atoms with Crippen molar-refractivity contribution in [3.05, 3.63) is 36.7 Å². The number of carbonyl (C=O) groups is 1. The summed E-state index contributed by atoms with van der Waals surface area (Å²) in [5.41, 5.74) is 1.13. The number of amides is 1. The fraction of sp³-hybridized carbons (Fsp3) is 0.364. The molecule has 0 aliphatic rings. The Bertz CT molecular complexity index is 328. The molecule has 0 N–H and O–H groups in total. The van der Waals surface area contributed by atoms with Crippen LogP contribution in [0, 0.1) is 0 Å². The lowest BCUT2D eigenvalue weighted by Crippen LogP contribution is -2.28. The van der Waals surface area contributed by atoms with Crippen LogP contribution in [0.25, 0.3) is 0 Å². The van der Waals surface area contributed by atoms with E-state index in [1.165, 1.54) is 0 Å². The van der Waals surface area contributed by atoms with Crippen LogP contribution in [0.5, 0.6) is 0 Å². The second-order valence-electron chi connectivity index (χ2n) is 3.30. The standard InChI is InChI=1S/C11H16N2O/c1-4-7-13(10(2)14)9-11-6-5-8-12(11)3/h4-6,8H,1,7,9H2,2-3H3. The third kappa shape index (κ3) is 2.49. The quantitative estimate of drug-likeness (QED) is 0.665. The molecule has 76 valence electrons. The predicted octanol–water partition coefficient (Wildman–Crippen LogP) is 1.56. The minimum atomic E-state index is 0.0751. The van der Waals surface area contributed by atoms with Gasteiger partial charge >= 0.3 is 0 Å². The first-order valence-corrected chi connectivity index (χ1v) is 4.61. The summed E-state index contributed by atoms with van der Waals surface area (Å²) in [4.78, 5) is 13.0. The van der Waals surface area contributed by atoms with Gasteiger partial charge in [0.05, 0.1) is 6.54 Å². The molecule has 1 heterocycles. The normalized spacial score (nSPS) is 9.86. The number of carbonyl (C=O) groups excluding carboxylic acids is 1. The maximum atomic E-state index is 11.2.